The summed E-state index contributed by atoms with van der Waals surface area (Å²) in [6.45, 7) is 2.23. The van der Waals surface area contributed by atoms with Crippen LogP contribution in [-0.4, -0.2) is 14.8 Å². The number of hydrogen-bond acceptors (Lipinski definition) is 1. The molecule has 0 saturated heterocycles. The Bertz CT molecular complexity index is 38.6. The first-order chi connectivity index (χ1) is 2.27. The molecular weight excluding hydrogens is 69.8 g/mol. The molecule has 0 saturated carbocycles. The zero-order valence-corrected chi connectivity index (χ0v) is 3.33. The molecule has 0 aromatic carbocycles. The first kappa shape index (κ1) is 2.53. The van der Waals surface area contributed by atoms with Crippen molar-refractivity contribution in [2.24, 2.45) is 0 Å². The Labute approximate surface area is 29.1 Å². The molecule has 4 heavy (non-hydrogen) atoms. The van der Waals surface area contributed by atoms with Crippen LogP contribution in [0, 0.1) is 0 Å². The van der Waals surface area contributed by atoms with Crippen LogP contribution in [-0.2, 0) is 4.70 Å². The Hall–Kier alpha value is 0.295. The molecule has 0 spiro atoms. The summed E-state index contributed by atoms with van der Waals surface area (Å²) in [5.74, 6) is 0. The van der Waals surface area contributed by atoms with Crippen molar-refractivity contribution in [3.05, 3.63) is 0 Å². The molecule has 22 valence electrons. The predicted octanol–water partition coefficient (Wildman–Crippen LogP) is 0.259. The minimum atomic E-state index is -1.03. The minimum absolute atomic E-state index is 0.648. The van der Waals surface area contributed by atoms with E-state index in [-0.39, 0.29) is 0 Å². The zero-order valence-electron chi connectivity index (χ0n) is 3.43. The third-order valence-electron chi connectivity index (χ3n) is 0.105. The van der Waals surface area contributed by atoms with E-state index in [1.165, 1.54) is 0 Å². The zero-order chi connectivity index (χ0) is 4.28. The summed E-state index contributed by atoms with van der Waals surface area (Å²) in [6, 6.07) is 0. The van der Waals surface area contributed by atoms with Crippen molar-refractivity contribution in [3.63, 3.8) is 0 Å². The standard InChI is InChI=1S/CH4BOP/c1-4-2-3/h4H,1H3/i4T. The van der Waals surface area contributed by atoms with Crippen LogP contribution in [0.2, 0.25) is 0 Å². The second-order valence-electron chi connectivity index (χ2n) is 0.364. The summed E-state index contributed by atoms with van der Waals surface area (Å²) in [5.41, 5.74) is 0. The molecule has 1 atom stereocenters. The predicted molar refractivity (Wildman–Crippen MR) is 20.7 cm³/mol. The summed E-state index contributed by atoms with van der Waals surface area (Å²) in [7, 11) is -1.03. The van der Waals surface area contributed by atoms with Gasteiger partial charge in [0, 0.05) is 0 Å². The molecule has 0 aromatic rings. The summed E-state index contributed by atoms with van der Waals surface area (Å²) < 4.78 is 15.9. The number of hydrogen-bond donors (Lipinski definition) is 0. The second-order valence-corrected chi connectivity index (χ2v) is 1.09. The van der Waals surface area contributed by atoms with E-state index in [9.17, 15) is 4.70 Å². The van der Waals surface area contributed by atoms with Gasteiger partial charge in [0.15, 0.2) is 0 Å². The van der Waals surface area contributed by atoms with Crippen LogP contribution in [0.4, 0.5) is 0 Å². The summed E-state index contributed by atoms with van der Waals surface area (Å²) in [5, 5.41) is 0. The maximum atomic E-state index is 9.35. The third kappa shape index (κ3) is 2.29. The van der Waals surface area contributed by atoms with Gasteiger partial charge < -0.3 is 0 Å². The van der Waals surface area contributed by atoms with E-state index < -0.39 is 8.40 Å². The molecule has 0 aliphatic rings. The molecule has 0 rings (SSSR count). The van der Waals surface area contributed by atoms with E-state index in [0.717, 1.165) is 0 Å². The summed E-state index contributed by atoms with van der Waals surface area (Å²) >= 11 is 0. The Kier molecular flexibility index (Phi) is 2.08. The average Bonchev–Trinajstić information content (AvgIpc) is 1.38. The SMILES string of the molecule is [3H]P(C)B=O. The molecule has 0 N–H and O–H groups in total. The van der Waals surface area contributed by atoms with Crippen molar-refractivity contribution < 1.29 is 4.70 Å². The molecule has 0 aliphatic carbocycles. The van der Waals surface area contributed by atoms with Crippen LogP contribution in [0.15, 0.2) is 0 Å². The third-order valence-corrected chi connectivity index (χ3v) is 0.316. The fourth-order valence-electron chi connectivity index (χ4n) is 0. The molecule has 0 amide bonds. The monoisotopic (exact) mass is 76.0 g/mol. The van der Waals surface area contributed by atoms with Gasteiger partial charge in [0.05, 0.1) is 0 Å². The first-order valence-electron chi connectivity index (χ1n) is 1.39. The molecule has 0 bridgehead atoms. The van der Waals surface area contributed by atoms with Gasteiger partial charge in [0.2, 0.25) is 0 Å². The van der Waals surface area contributed by atoms with Crippen LogP contribution in [0.25, 0.3) is 0 Å². The maximum absolute atomic E-state index is 9.35. The van der Waals surface area contributed by atoms with Crippen molar-refractivity contribution in [1.82, 2.24) is 0 Å². The average molecular weight is 75.8 g/mol. The Morgan fingerprint density at radius 3 is 2.75 bits per heavy atom. The summed E-state index contributed by atoms with van der Waals surface area (Å²) in [6.07, 6.45) is 0. The van der Waals surface area contributed by atoms with Crippen LogP contribution in [0.1, 0.15) is 0 Å². The van der Waals surface area contributed by atoms with Crippen LogP contribution in [0.5, 0.6) is 0 Å². The molecule has 0 heterocycles. The van der Waals surface area contributed by atoms with Crippen molar-refractivity contribution >= 4 is 15.3 Å². The van der Waals surface area contributed by atoms with Gasteiger partial charge in [-0.05, 0) is 0 Å². The van der Waals surface area contributed by atoms with Crippen molar-refractivity contribution in [3.8, 4) is 0 Å². The molecule has 1 nitrogen and oxygen atoms in total. The van der Waals surface area contributed by atoms with E-state index >= 15 is 0 Å². The van der Waals surface area contributed by atoms with E-state index in [4.69, 9.17) is 1.28 Å². The molecule has 1 unspecified atom stereocenters. The van der Waals surface area contributed by atoms with Gasteiger partial charge in [-0.25, -0.2) is 0 Å². The van der Waals surface area contributed by atoms with E-state index in [0.29, 0.717) is 6.87 Å². The normalized spacial score (nSPS) is 16.8. The topological polar surface area (TPSA) is 17.1 Å². The van der Waals surface area contributed by atoms with Crippen molar-refractivity contribution in [2.45, 2.75) is 0 Å². The molecule has 3 heteroatoms. The molecule has 0 fully saturated rings. The van der Waals surface area contributed by atoms with Gasteiger partial charge in [-0.3, -0.25) is 0 Å². The first-order valence-corrected chi connectivity index (χ1v) is 2.35. The fourth-order valence-corrected chi connectivity index (χ4v) is 0. The Morgan fingerprint density at radius 2 is 2.75 bits per heavy atom. The second kappa shape index (κ2) is 3.29. The molecule has 0 radical (unpaired) electrons. The quantitative estimate of drug-likeness (QED) is 0.323. The van der Waals surface area contributed by atoms with Gasteiger partial charge >= 0.3 is 27.9 Å². The summed E-state index contributed by atoms with van der Waals surface area (Å²) in [4.78, 5) is 0. The van der Waals surface area contributed by atoms with E-state index in [1.54, 1.807) is 6.66 Å². The van der Waals surface area contributed by atoms with E-state index in [1.807, 2.05) is 0 Å². The van der Waals surface area contributed by atoms with Gasteiger partial charge in [-0.1, -0.05) is 0 Å². The van der Waals surface area contributed by atoms with Gasteiger partial charge in [-0.15, -0.1) is 0 Å². The van der Waals surface area contributed by atoms with Crippen molar-refractivity contribution in [2.75, 3.05) is 6.66 Å². The van der Waals surface area contributed by atoms with Gasteiger partial charge in [0.25, 0.3) is 0 Å². The van der Waals surface area contributed by atoms with Crippen LogP contribution >= 0.6 is 8.40 Å². The fraction of sp³-hybridized carbons (Fsp3) is 1.00. The number of rotatable bonds is 1. The Balaban J connectivity index is 2.83. The van der Waals surface area contributed by atoms with Gasteiger partial charge in [0.1, 0.15) is 0 Å². The molecule has 0 aromatic heterocycles. The van der Waals surface area contributed by atoms with E-state index in [2.05, 4.69) is 0 Å². The molecule has 0 aliphatic heterocycles. The van der Waals surface area contributed by atoms with Crippen molar-refractivity contribution in [1.29, 1.82) is 1.28 Å². The Morgan fingerprint density at radius 1 is 2.50 bits per heavy atom. The molecular formula is CH4BOP. The van der Waals surface area contributed by atoms with Gasteiger partial charge in [-0.2, -0.15) is 0 Å². The van der Waals surface area contributed by atoms with Crippen LogP contribution < -0.4 is 0 Å². The van der Waals surface area contributed by atoms with Crippen LogP contribution in [0.3, 0.4) is 0 Å².